The Morgan fingerprint density at radius 2 is 2.06 bits per heavy atom. The minimum Gasteiger partial charge on any atom is -0.396 e. The molecule has 3 unspecified atom stereocenters. The second kappa shape index (κ2) is 6.97. The van der Waals surface area contributed by atoms with E-state index in [9.17, 15) is 9.90 Å². The summed E-state index contributed by atoms with van der Waals surface area (Å²) in [6.45, 7) is 5.36. The number of nitrogens with two attached hydrogens (primary N) is 1. The normalized spacial score (nSPS) is 26.2. The van der Waals surface area contributed by atoms with Gasteiger partial charge in [-0.1, -0.05) is 20.3 Å². The van der Waals surface area contributed by atoms with Crippen molar-refractivity contribution < 1.29 is 9.90 Å². The highest BCUT2D eigenvalue weighted by atomic mass is 16.3. The maximum Gasteiger partial charge on any atom is 0.224 e. The number of hydrogen-bond acceptors (Lipinski definition) is 3. The Labute approximate surface area is 104 Å². The Hall–Kier alpha value is -0.610. The monoisotopic (exact) mass is 242 g/mol. The second-order valence-corrected chi connectivity index (χ2v) is 5.47. The highest BCUT2D eigenvalue weighted by molar-refractivity contribution is 5.79. The molecule has 3 atom stereocenters. The molecule has 0 heterocycles. The quantitative estimate of drug-likeness (QED) is 0.643. The van der Waals surface area contributed by atoms with E-state index in [4.69, 9.17) is 5.73 Å². The van der Waals surface area contributed by atoms with Crippen LogP contribution in [0.2, 0.25) is 0 Å². The van der Waals surface area contributed by atoms with Gasteiger partial charge in [0.25, 0.3) is 0 Å². The van der Waals surface area contributed by atoms with E-state index in [0.29, 0.717) is 24.9 Å². The largest absolute Gasteiger partial charge is 0.396 e. The van der Waals surface area contributed by atoms with E-state index < -0.39 is 0 Å². The standard InChI is InChI=1S/C13H26N2O2/c1-9(2)12(6-14)13(17)15-7-10-4-3-5-11(10)8-16/h9-12,16H,3-8,14H2,1-2H3,(H,15,17). The van der Waals surface area contributed by atoms with Crippen LogP contribution in [-0.4, -0.2) is 30.7 Å². The van der Waals surface area contributed by atoms with Crippen LogP contribution in [0.5, 0.6) is 0 Å². The van der Waals surface area contributed by atoms with Gasteiger partial charge in [-0.3, -0.25) is 4.79 Å². The van der Waals surface area contributed by atoms with E-state index in [0.717, 1.165) is 19.3 Å². The number of amides is 1. The van der Waals surface area contributed by atoms with Crippen molar-refractivity contribution in [3.8, 4) is 0 Å². The van der Waals surface area contributed by atoms with Crippen molar-refractivity contribution in [2.24, 2.45) is 29.4 Å². The van der Waals surface area contributed by atoms with Crippen molar-refractivity contribution in [3.63, 3.8) is 0 Å². The maximum atomic E-state index is 11.9. The van der Waals surface area contributed by atoms with E-state index in [1.807, 2.05) is 13.8 Å². The summed E-state index contributed by atoms with van der Waals surface area (Å²) in [5.41, 5.74) is 5.61. The first-order valence-electron chi connectivity index (χ1n) is 6.68. The Bertz CT molecular complexity index is 244. The average Bonchev–Trinajstić information content (AvgIpc) is 2.74. The van der Waals surface area contributed by atoms with E-state index in [2.05, 4.69) is 5.32 Å². The van der Waals surface area contributed by atoms with Gasteiger partial charge in [0.05, 0.1) is 5.92 Å². The maximum absolute atomic E-state index is 11.9. The minimum absolute atomic E-state index is 0.0612. The molecular weight excluding hydrogens is 216 g/mol. The van der Waals surface area contributed by atoms with Crippen LogP contribution < -0.4 is 11.1 Å². The number of hydrogen-bond donors (Lipinski definition) is 3. The summed E-state index contributed by atoms with van der Waals surface area (Å²) in [6.07, 6.45) is 3.36. The molecule has 0 aromatic carbocycles. The van der Waals surface area contributed by atoms with Crippen molar-refractivity contribution in [1.82, 2.24) is 5.32 Å². The average molecular weight is 242 g/mol. The van der Waals surface area contributed by atoms with Crippen LogP contribution in [-0.2, 0) is 4.79 Å². The first kappa shape index (κ1) is 14.5. The minimum atomic E-state index is -0.0935. The Morgan fingerprint density at radius 3 is 2.59 bits per heavy atom. The highest BCUT2D eigenvalue weighted by Crippen LogP contribution is 2.30. The molecule has 0 aromatic heterocycles. The van der Waals surface area contributed by atoms with Crippen LogP contribution in [0, 0.1) is 23.7 Å². The van der Waals surface area contributed by atoms with E-state index in [1.54, 1.807) is 0 Å². The molecule has 0 aromatic rings. The third-order valence-electron chi connectivity index (χ3n) is 3.98. The van der Waals surface area contributed by atoms with Gasteiger partial charge < -0.3 is 16.2 Å². The summed E-state index contributed by atoms with van der Waals surface area (Å²) in [5, 5.41) is 12.2. The summed E-state index contributed by atoms with van der Waals surface area (Å²) >= 11 is 0. The first-order valence-corrected chi connectivity index (χ1v) is 6.68. The molecule has 1 amide bonds. The van der Waals surface area contributed by atoms with E-state index >= 15 is 0 Å². The van der Waals surface area contributed by atoms with Crippen molar-refractivity contribution in [2.45, 2.75) is 33.1 Å². The molecule has 0 radical (unpaired) electrons. The molecule has 1 fully saturated rings. The smallest absolute Gasteiger partial charge is 0.224 e. The molecule has 0 spiro atoms. The third kappa shape index (κ3) is 3.96. The SMILES string of the molecule is CC(C)C(CN)C(=O)NCC1CCCC1CO. The van der Waals surface area contributed by atoms with Crippen molar-refractivity contribution in [2.75, 3.05) is 19.7 Å². The van der Waals surface area contributed by atoms with Crippen LogP contribution in [0.4, 0.5) is 0 Å². The van der Waals surface area contributed by atoms with Crippen LogP contribution in [0.25, 0.3) is 0 Å². The summed E-state index contributed by atoms with van der Waals surface area (Å²) in [6, 6.07) is 0. The molecule has 1 rings (SSSR count). The van der Waals surface area contributed by atoms with Gasteiger partial charge in [0.2, 0.25) is 5.91 Å². The molecule has 1 saturated carbocycles. The van der Waals surface area contributed by atoms with Crippen molar-refractivity contribution >= 4 is 5.91 Å². The first-order chi connectivity index (χ1) is 8.10. The van der Waals surface area contributed by atoms with Gasteiger partial charge in [0.1, 0.15) is 0 Å². The number of nitrogens with one attached hydrogen (secondary N) is 1. The third-order valence-corrected chi connectivity index (χ3v) is 3.98. The molecule has 0 bridgehead atoms. The summed E-state index contributed by atoms with van der Waals surface area (Å²) in [5.74, 6) is 1.05. The Kier molecular flexibility index (Phi) is 5.92. The Balaban J connectivity index is 2.36. The van der Waals surface area contributed by atoms with Crippen LogP contribution in [0.1, 0.15) is 33.1 Å². The molecule has 4 heteroatoms. The van der Waals surface area contributed by atoms with Gasteiger partial charge in [0.15, 0.2) is 0 Å². The Morgan fingerprint density at radius 1 is 1.41 bits per heavy atom. The molecule has 1 aliphatic carbocycles. The number of aliphatic hydroxyl groups excluding tert-OH is 1. The van der Waals surface area contributed by atoms with E-state index in [-0.39, 0.29) is 24.3 Å². The fraction of sp³-hybridized carbons (Fsp3) is 0.923. The van der Waals surface area contributed by atoms with Gasteiger partial charge in [0, 0.05) is 19.7 Å². The second-order valence-electron chi connectivity index (χ2n) is 5.47. The molecule has 0 saturated heterocycles. The lowest BCUT2D eigenvalue weighted by atomic mass is 9.93. The molecule has 4 N–H and O–H groups in total. The van der Waals surface area contributed by atoms with Crippen molar-refractivity contribution in [1.29, 1.82) is 0 Å². The summed E-state index contributed by atoms with van der Waals surface area (Å²) in [4.78, 5) is 11.9. The lowest BCUT2D eigenvalue weighted by Crippen LogP contribution is -2.40. The zero-order valence-corrected chi connectivity index (χ0v) is 11.0. The molecular formula is C13H26N2O2. The fourth-order valence-corrected chi connectivity index (χ4v) is 2.67. The predicted octanol–water partition coefficient (Wildman–Crippen LogP) is 0.742. The molecule has 17 heavy (non-hydrogen) atoms. The van der Waals surface area contributed by atoms with Gasteiger partial charge in [-0.05, 0) is 30.6 Å². The lowest BCUT2D eigenvalue weighted by molar-refractivity contribution is -0.126. The summed E-state index contributed by atoms with van der Waals surface area (Å²) < 4.78 is 0. The highest BCUT2D eigenvalue weighted by Gasteiger charge is 2.28. The van der Waals surface area contributed by atoms with E-state index in [1.165, 1.54) is 0 Å². The van der Waals surface area contributed by atoms with Gasteiger partial charge in [-0.2, -0.15) is 0 Å². The number of carbonyl (C=O) groups is 1. The predicted molar refractivity (Wildman–Crippen MR) is 68.3 cm³/mol. The lowest BCUT2D eigenvalue weighted by Gasteiger charge is -2.22. The molecule has 1 aliphatic rings. The number of carbonyl (C=O) groups excluding carboxylic acids is 1. The van der Waals surface area contributed by atoms with Gasteiger partial charge >= 0.3 is 0 Å². The van der Waals surface area contributed by atoms with Gasteiger partial charge in [-0.15, -0.1) is 0 Å². The molecule has 0 aliphatic heterocycles. The summed E-state index contributed by atoms with van der Waals surface area (Å²) in [7, 11) is 0. The molecule has 100 valence electrons. The zero-order valence-electron chi connectivity index (χ0n) is 11.0. The number of aliphatic hydroxyl groups is 1. The number of rotatable bonds is 6. The molecule has 4 nitrogen and oxygen atoms in total. The van der Waals surface area contributed by atoms with Crippen molar-refractivity contribution in [3.05, 3.63) is 0 Å². The topological polar surface area (TPSA) is 75.4 Å². The van der Waals surface area contributed by atoms with Crippen LogP contribution >= 0.6 is 0 Å². The van der Waals surface area contributed by atoms with Crippen LogP contribution in [0.3, 0.4) is 0 Å². The fourth-order valence-electron chi connectivity index (χ4n) is 2.67. The van der Waals surface area contributed by atoms with Crippen LogP contribution in [0.15, 0.2) is 0 Å². The zero-order chi connectivity index (χ0) is 12.8. The van der Waals surface area contributed by atoms with Gasteiger partial charge in [-0.25, -0.2) is 0 Å².